The number of halogens is 2. The third-order valence-electron chi connectivity index (χ3n) is 3.35. The van der Waals surface area contributed by atoms with E-state index in [4.69, 9.17) is 11.6 Å². The van der Waals surface area contributed by atoms with E-state index in [1.165, 1.54) is 5.56 Å². The van der Waals surface area contributed by atoms with Gasteiger partial charge in [0.15, 0.2) is 0 Å². The minimum absolute atomic E-state index is 0.177. The fourth-order valence-corrected chi connectivity index (χ4v) is 2.47. The van der Waals surface area contributed by atoms with Gasteiger partial charge in [0, 0.05) is 18.2 Å². The van der Waals surface area contributed by atoms with Crippen molar-refractivity contribution >= 4 is 11.6 Å². The molecule has 0 bridgehead atoms. The van der Waals surface area contributed by atoms with E-state index >= 15 is 0 Å². The van der Waals surface area contributed by atoms with Crippen molar-refractivity contribution in [3.8, 4) is 0 Å². The van der Waals surface area contributed by atoms with Crippen LogP contribution in [-0.4, -0.2) is 0 Å². The van der Waals surface area contributed by atoms with Crippen molar-refractivity contribution in [2.45, 2.75) is 32.4 Å². The molecule has 0 aliphatic carbocycles. The summed E-state index contributed by atoms with van der Waals surface area (Å²) in [6.45, 7) is 2.63. The topological polar surface area (TPSA) is 12.0 Å². The Kier molecular flexibility index (Phi) is 5.57. The summed E-state index contributed by atoms with van der Waals surface area (Å²) >= 11 is 5.80. The Bertz CT molecular complexity index is 542. The van der Waals surface area contributed by atoms with E-state index < -0.39 is 0 Å². The Hall–Kier alpha value is -1.38. The molecular formula is C17H19ClFN. The first-order valence-corrected chi connectivity index (χ1v) is 7.31. The third-order valence-corrected chi connectivity index (χ3v) is 3.64. The van der Waals surface area contributed by atoms with Crippen LogP contribution in [0.25, 0.3) is 0 Å². The molecule has 106 valence electrons. The molecule has 1 nitrogen and oxygen atoms in total. The Balaban J connectivity index is 2.08. The van der Waals surface area contributed by atoms with E-state index in [2.05, 4.69) is 24.4 Å². The Morgan fingerprint density at radius 1 is 1.10 bits per heavy atom. The third kappa shape index (κ3) is 3.81. The minimum atomic E-state index is -0.329. The summed E-state index contributed by atoms with van der Waals surface area (Å²) in [6.07, 6.45) is 2.09. The fourth-order valence-electron chi connectivity index (χ4n) is 2.28. The molecule has 0 aliphatic heterocycles. The molecule has 0 amide bonds. The Morgan fingerprint density at radius 3 is 2.55 bits per heavy atom. The van der Waals surface area contributed by atoms with Gasteiger partial charge in [-0.1, -0.05) is 67.4 Å². The van der Waals surface area contributed by atoms with Crippen molar-refractivity contribution in [3.05, 3.63) is 70.5 Å². The molecule has 0 fully saturated rings. The number of hydrogen-bond donors (Lipinski definition) is 1. The molecule has 3 heteroatoms. The van der Waals surface area contributed by atoms with Crippen molar-refractivity contribution in [1.29, 1.82) is 0 Å². The lowest BCUT2D eigenvalue weighted by Crippen LogP contribution is -2.21. The van der Waals surface area contributed by atoms with E-state index in [0.717, 1.165) is 12.8 Å². The Morgan fingerprint density at radius 2 is 1.85 bits per heavy atom. The molecular weight excluding hydrogens is 273 g/mol. The van der Waals surface area contributed by atoms with E-state index in [1.807, 2.05) is 18.2 Å². The number of rotatable bonds is 6. The van der Waals surface area contributed by atoms with E-state index in [9.17, 15) is 4.39 Å². The highest BCUT2D eigenvalue weighted by Crippen LogP contribution is 2.21. The normalized spacial score (nSPS) is 12.3. The van der Waals surface area contributed by atoms with Gasteiger partial charge in [0.25, 0.3) is 0 Å². The summed E-state index contributed by atoms with van der Waals surface area (Å²) in [4.78, 5) is 0. The van der Waals surface area contributed by atoms with Crippen molar-refractivity contribution in [3.63, 3.8) is 0 Å². The van der Waals surface area contributed by atoms with Gasteiger partial charge in [-0.2, -0.15) is 0 Å². The maximum absolute atomic E-state index is 13.9. The zero-order chi connectivity index (χ0) is 14.4. The largest absolute Gasteiger partial charge is 0.306 e. The molecule has 0 saturated carbocycles. The van der Waals surface area contributed by atoms with E-state index in [1.54, 1.807) is 18.2 Å². The minimum Gasteiger partial charge on any atom is -0.306 e. The quantitative estimate of drug-likeness (QED) is 0.780. The first kappa shape index (κ1) is 15.0. The Labute approximate surface area is 124 Å². The maximum atomic E-state index is 13.9. The lowest BCUT2D eigenvalue weighted by Gasteiger charge is -2.19. The number of nitrogens with one attached hydrogen (secondary N) is 1. The molecule has 1 atom stereocenters. The van der Waals surface area contributed by atoms with Crippen LogP contribution in [0.5, 0.6) is 0 Å². The van der Waals surface area contributed by atoms with Gasteiger partial charge in [0.05, 0.1) is 5.02 Å². The van der Waals surface area contributed by atoms with Gasteiger partial charge in [0.1, 0.15) is 5.82 Å². The van der Waals surface area contributed by atoms with Gasteiger partial charge < -0.3 is 5.32 Å². The first-order valence-electron chi connectivity index (χ1n) is 6.93. The molecule has 0 aliphatic rings. The van der Waals surface area contributed by atoms with Crippen molar-refractivity contribution in [1.82, 2.24) is 5.32 Å². The van der Waals surface area contributed by atoms with Crippen molar-refractivity contribution < 1.29 is 4.39 Å². The SMILES string of the molecule is CCCC(NCc1cccc(Cl)c1F)c1ccccc1. The molecule has 2 rings (SSSR count). The van der Waals surface area contributed by atoms with Crippen molar-refractivity contribution in [2.24, 2.45) is 0 Å². The zero-order valence-electron chi connectivity index (χ0n) is 11.6. The molecule has 0 radical (unpaired) electrons. The maximum Gasteiger partial charge on any atom is 0.146 e. The summed E-state index contributed by atoms with van der Waals surface area (Å²) in [7, 11) is 0. The van der Waals surface area contributed by atoms with Crippen LogP contribution in [0.15, 0.2) is 48.5 Å². The standard InChI is InChI=1S/C17H19ClFN/c1-2-7-16(13-8-4-3-5-9-13)20-12-14-10-6-11-15(18)17(14)19/h3-6,8-11,16,20H,2,7,12H2,1H3. The van der Waals surface area contributed by atoms with Gasteiger partial charge in [-0.05, 0) is 18.1 Å². The summed E-state index contributed by atoms with van der Waals surface area (Å²) in [5.41, 5.74) is 1.84. The second-order valence-corrected chi connectivity index (χ2v) is 5.25. The lowest BCUT2D eigenvalue weighted by atomic mass is 10.0. The van der Waals surface area contributed by atoms with Crippen LogP contribution >= 0.6 is 11.6 Å². The zero-order valence-corrected chi connectivity index (χ0v) is 12.3. The molecule has 0 spiro atoms. The fraction of sp³-hybridized carbons (Fsp3) is 0.294. The second-order valence-electron chi connectivity index (χ2n) is 4.85. The van der Waals surface area contributed by atoms with E-state index in [-0.39, 0.29) is 16.9 Å². The monoisotopic (exact) mass is 291 g/mol. The molecule has 20 heavy (non-hydrogen) atoms. The summed E-state index contributed by atoms with van der Waals surface area (Å²) < 4.78 is 13.9. The van der Waals surface area contributed by atoms with Gasteiger partial charge in [0.2, 0.25) is 0 Å². The van der Waals surface area contributed by atoms with Crippen LogP contribution in [0.4, 0.5) is 4.39 Å². The average molecular weight is 292 g/mol. The molecule has 0 aromatic heterocycles. The highest BCUT2D eigenvalue weighted by Gasteiger charge is 2.12. The van der Waals surface area contributed by atoms with E-state index in [0.29, 0.717) is 12.1 Å². The summed E-state index contributed by atoms with van der Waals surface area (Å²) in [5.74, 6) is -0.329. The van der Waals surface area contributed by atoms with Crippen LogP contribution in [0.1, 0.15) is 36.9 Å². The van der Waals surface area contributed by atoms with Gasteiger partial charge in [-0.15, -0.1) is 0 Å². The summed E-state index contributed by atoms with van der Waals surface area (Å²) in [5, 5.41) is 3.60. The predicted octanol–water partition coefficient (Wildman–Crippen LogP) is 5.11. The molecule has 2 aromatic rings. The van der Waals surface area contributed by atoms with Crippen LogP contribution in [0.3, 0.4) is 0 Å². The second kappa shape index (κ2) is 7.41. The molecule has 0 saturated heterocycles. The lowest BCUT2D eigenvalue weighted by molar-refractivity contribution is 0.483. The highest BCUT2D eigenvalue weighted by atomic mass is 35.5. The average Bonchev–Trinajstić information content (AvgIpc) is 2.48. The van der Waals surface area contributed by atoms with Gasteiger partial charge in [-0.25, -0.2) is 4.39 Å². The van der Waals surface area contributed by atoms with Crippen molar-refractivity contribution in [2.75, 3.05) is 0 Å². The molecule has 1 unspecified atom stereocenters. The summed E-state index contributed by atoms with van der Waals surface area (Å²) in [6, 6.07) is 15.6. The smallest absolute Gasteiger partial charge is 0.146 e. The molecule has 0 heterocycles. The molecule has 1 N–H and O–H groups in total. The number of benzene rings is 2. The predicted molar refractivity (Wildman–Crippen MR) is 82.3 cm³/mol. The highest BCUT2D eigenvalue weighted by molar-refractivity contribution is 6.30. The number of hydrogen-bond acceptors (Lipinski definition) is 1. The first-order chi connectivity index (χ1) is 9.72. The van der Waals surface area contributed by atoms with Crippen LogP contribution in [0.2, 0.25) is 5.02 Å². The molecule has 2 aromatic carbocycles. The van der Waals surface area contributed by atoms with Crippen LogP contribution in [-0.2, 0) is 6.54 Å². The van der Waals surface area contributed by atoms with Crippen LogP contribution in [0, 0.1) is 5.82 Å². The van der Waals surface area contributed by atoms with Gasteiger partial charge in [-0.3, -0.25) is 0 Å². The van der Waals surface area contributed by atoms with Gasteiger partial charge >= 0.3 is 0 Å². The van der Waals surface area contributed by atoms with Crippen LogP contribution < -0.4 is 5.32 Å².